The van der Waals surface area contributed by atoms with Crippen molar-refractivity contribution in [3.63, 3.8) is 0 Å². The molecule has 0 saturated carbocycles. The van der Waals surface area contributed by atoms with Crippen LogP contribution in [0.15, 0.2) is 42.5 Å². The van der Waals surface area contributed by atoms with Gasteiger partial charge in [-0.05, 0) is 38.0 Å². The van der Waals surface area contributed by atoms with E-state index in [9.17, 15) is 4.79 Å². The zero-order valence-corrected chi connectivity index (χ0v) is 12.2. The highest BCUT2D eigenvalue weighted by Gasteiger charge is 2.36. The summed E-state index contributed by atoms with van der Waals surface area (Å²) in [6, 6.07) is 14.7. The van der Waals surface area contributed by atoms with Gasteiger partial charge in [0.2, 0.25) is 0 Å². The molecule has 102 valence electrons. The second-order valence-electron chi connectivity index (χ2n) is 5.50. The predicted molar refractivity (Wildman–Crippen MR) is 80.9 cm³/mol. The highest BCUT2D eigenvalue weighted by molar-refractivity contribution is 5.99. The van der Waals surface area contributed by atoms with E-state index in [1.54, 1.807) is 0 Å². The van der Waals surface area contributed by atoms with Crippen LogP contribution in [-0.2, 0) is 0 Å². The van der Waals surface area contributed by atoms with E-state index in [1.165, 1.54) is 16.7 Å². The number of fused-ring (bicyclic) bond motifs is 1. The average Bonchev–Trinajstić information content (AvgIpc) is 2.72. The van der Waals surface area contributed by atoms with Crippen LogP contribution in [0, 0.1) is 13.8 Å². The molecular weight excluding hydrogens is 246 g/mol. The summed E-state index contributed by atoms with van der Waals surface area (Å²) in [6.45, 7) is 6.92. The van der Waals surface area contributed by atoms with Gasteiger partial charge in [0.15, 0.2) is 0 Å². The Bertz CT molecular complexity index is 658. The van der Waals surface area contributed by atoms with E-state index in [-0.39, 0.29) is 11.9 Å². The van der Waals surface area contributed by atoms with Gasteiger partial charge in [0, 0.05) is 12.1 Å². The monoisotopic (exact) mass is 265 g/mol. The number of hydrogen-bond acceptors (Lipinski definition) is 1. The van der Waals surface area contributed by atoms with E-state index in [0.717, 1.165) is 17.7 Å². The van der Waals surface area contributed by atoms with Gasteiger partial charge in [-0.3, -0.25) is 4.79 Å². The summed E-state index contributed by atoms with van der Waals surface area (Å²) >= 11 is 0. The van der Waals surface area contributed by atoms with Crippen LogP contribution in [0.1, 0.15) is 45.6 Å². The lowest BCUT2D eigenvalue weighted by Gasteiger charge is -2.24. The van der Waals surface area contributed by atoms with Crippen LogP contribution < -0.4 is 0 Å². The molecule has 1 amide bonds. The van der Waals surface area contributed by atoms with Crippen molar-refractivity contribution in [2.24, 2.45) is 0 Å². The summed E-state index contributed by atoms with van der Waals surface area (Å²) in [5.74, 6) is 0.146. The molecule has 0 aliphatic carbocycles. The molecule has 0 spiro atoms. The minimum atomic E-state index is 0.0583. The van der Waals surface area contributed by atoms with Gasteiger partial charge in [0.05, 0.1) is 6.04 Å². The molecule has 2 aromatic rings. The summed E-state index contributed by atoms with van der Waals surface area (Å²) in [5.41, 5.74) is 5.62. The van der Waals surface area contributed by atoms with Gasteiger partial charge in [-0.25, -0.2) is 0 Å². The first kappa shape index (κ1) is 12.9. The van der Waals surface area contributed by atoms with Crippen molar-refractivity contribution in [3.05, 3.63) is 70.3 Å². The fourth-order valence-corrected chi connectivity index (χ4v) is 2.98. The third-order valence-corrected chi connectivity index (χ3v) is 4.04. The van der Waals surface area contributed by atoms with Crippen molar-refractivity contribution < 1.29 is 4.79 Å². The molecule has 0 aromatic heterocycles. The highest BCUT2D eigenvalue weighted by Crippen LogP contribution is 2.38. The van der Waals surface area contributed by atoms with Gasteiger partial charge in [-0.1, -0.05) is 47.5 Å². The average molecular weight is 265 g/mol. The van der Waals surface area contributed by atoms with Gasteiger partial charge in [0.1, 0.15) is 0 Å². The molecule has 2 heteroatoms. The second kappa shape index (κ2) is 4.78. The van der Waals surface area contributed by atoms with Crippen molar-refractivity contribution in [2.75, 3.05) is 6.54 Å². The largest absolute Gasteiger partial charge is 0.328 e. The summed E-state index contributed by atoms with van der Waals surface area (Å²) in [5, 5.41) is 0. The van der Waals surface area contributed by atoms with Crippen LogP contribution in [0.3, 0.4) is 0 Å². The molecule has 1 atom stereocenters. The summed E-state index contributed by atoms with van der Waals surface area (Å²) < 4.78 is 0. The van der Waals surface area contributed by atoms with Crippen LogP contribution in [0.5, 0.6) is 0 Å². The Labute approximate surface area is 120 Å². The van der Waals surface area contributed by atoms with Gasteiger partial charge in [0.25, 0.3) is 5.91 Å². The summed E-state index contributed by atoms with van der Waals surface area (Å²) in [4.78, 5) is 14.5. The summed E-state index contributed by atoms with van der Waals surface area (Å²) in [6.07, 6.45) is 0. The topological polar surface area (TPSA) is 20.3 Å². The molecule has 0 radical (unpaired) electrons. The Morgan fingerprint density at radius 3 is 2.30 bits per heavy atom. The first-order valence-electron chi connectivity index (χ1n) is 7.10. The van der Waals surface area contributed by atoms with E-state index in [4.69, 9.17) is 0 Å². The quantitative estimate of drug-likeness (QED) is 0.807. The van der Waals surface area contributed by atoms with Gasteiger partial charge < -0.3 is 4.90 Å². The van der Waals surface area contributed by atoms with E-state index in [0.29, 0.717) is 0 Å². The smallest absolute Gasteiger partial charge is 0.254 e. The Morgan fingerprint density at radius 1 is 1.00 bits per heavy atom. The third-order valence-electron chi connectivity index (χ3n) is 4.04. The molecule has 3 rings (SSSR count). The molecule has 2 nitrogen and oxygen atoms in total. The molecule has 0 saturated heterocycles. The Hall–Kier alpha value is -2.09. The van der Waals surface area contributed by atoms with Crippen molar-refractivity contribution in [2.45, 2.75) is 26.8 Å². The lowest BCUT2D eigenvalue weighted by atomic mass is 9.96. The van der Waals surface area contributed by atoms with Gasteiger partial charge >= 0.3 is 0 Å². The zero-order valence-electron chi connectivity index (χ0n) is 12.2. The van der Waals surface area contributed by atoms with Gasteiger partial charge in [-0.2, -0.15) is 0 Å². The molecule has 2 aromatic carbocycles. The fourth-order valence-electron chi connectivity index (χ4n) is 2.98. The molecule has 1 aliphatic rings. The molecule has 20 heavy (non-hydrogen) atoms. The SMILES string of the molecule is CCN1C(=O)c2ccc(C)cc2C1c1ccc(C)cc1. The van der Waals surface area contributed by atoms with Crippen LogP contribution in [0.2, 0.25) is 0 Å². The normalized spacial score (nSPS) is 17.4. The van der Waals surface area contributed by atoms with Crippen LogP contribution in [-0.4, -0.2) is 17.4 Å². The maximum Gasteiger partial charge on any atom is 0.254 e. The predicted octanol–water partition coefficient (Wildman–Crippen LogP) is 3.87. The molecule has 1 aliphatic heterocycles. The van der Waals surface area contributed by atoms with Crippen LogP contribution in [0.4, 0.5) is 0 Å². The Kier molecular flexibility index (Phi) is 3.09. The Morgan fingerprint density at radius 2 is 1.65 bits per heavy atom. The lowest BCUT2D eigenvalue weighted by Crippen LogP contribution is -2.28. The number of rotatable bonds is 2. The van der Waals surface area contributed by atoms with Crippen LogP contribution in [0.25, 0.3) is 0 Å². The molecule has 0 fully saturated rings. The zero-order chi connectivity index (χ0) is 14.3. The Balaban J connectivity index is 2.15. The van der Waals surface area contributed by atoms with Crippen LogP contribution >= 0.6 is 0 Å². The van der Waals surface area contributed by atoms with E-state index < -0.39 is 0 Å². The van der Waals surface area contributed by atoms with Gasteiger partial charge in [-0.15, -0.1) is 0 Å². The van der Waals surface area contributed by atoms with E-state index in [1.807, 2.05) is 24.0 Å². The third kappa shape index (κ3) is 1.92. The number of hydrogen-bond donors (Lipinski definition) is 0. The number of carbonyl (C=O) groups is 1. The van der Waals surface area contributed by atoms with E-state index >= 15 is 0 Å². The minimum Gasteiger partial charge on any atom is -0.328 e. The molecule has 0 N–H and O–H groups in total. The number of benzene rings is 2. The number of aryl methyl sites for hydroxylation is 2. The maximum absolute atomic E-state index is 12.5. The summed E-state index contributed by atoms with van der Waals surface area (Å²) in [7, 11) is 0. The first-order valence-corrected chi connectivity index (χ1v) is 7.10. The number of carbonyl (C=O) groups excluding carboxylic acids is 1. The standard InChI is InChI=1S/C18H19NO/c1-4-19-17(14-8-5-12(2)6-9-14)16-11-13(3)7-10-15(16)18(19)20/h5-11,17H,4H2,1-3H3. The minimum absolute atomic E-state index is 0.0583. The van der Waals surface area contributed by atoms with Crippen molar-refractivity contribution in [3.8, 4) is 0 Å². The van der Waals surface area contributed by atoms with Crippen molar-refractivity contribution in [1.29, 1.82) is 0 Å². The lowest BCUT2D eigenvalue weighted by molar-refractivity contribution is 0.0759. The van der Waals surface area contributed by atoms with E-state index in [2.05, 4.69) is 44.2 Å². The maximum atomic E-state index is 12.5. The fraction of sp³-hybridized carbons (Fsp3) is 0.278. The van der Waals surface area contributed by atoms with Crippen molar-refractivity contribution in [1.82, 2.24) is 4.90 Å². The molecule has 0 bridgehead atoms. The first-order chi connectivity index (χ1) is 9.61. The number of nitrogens with zero attached hydrogens (tertiary/aromatic N) is 1. The highest BCUT2D eigenvalue weighted by atomic mass is 16.2. The molecule has 1 heterocycles. The molecule has 1 unspecified atom stereocenters. The molecular formula is C18H19NO. The number of amides is 1. The second-order valence-corrected chi connectivity index (χ2v) is 5.50. The van der Waals surface area contributed by atoms with Crippen molar-refractivity contribution >= 4 is 5.91 Å².